The van der Waals surface area contributed by atoms with Crippen LogP contribution in [0.1, 0.15) is 38.3 Å². The Morgan fingerprint density at radius 2 is 2.18 bits per heavy atom. The van der Waals surface area contributed by atoms with Crippen LogP contribution in [-0.4, -0.2) is 24.5 Å². The van der Waals surface area contributed by atoms with E-state index < -0.39 is 0 Å². The molecule has 0 spiro atoms. The van der Waals surface area contributed by atoms with E-state index in [1.165, 1.54) is 0 Å². The molecule has 0 aromatic carbocycles. The lowest BCUT2D eigenvalue weighted by molar-refractivity contribution is 0.423. The second kappa shape index (κ2) is 4.53. The van der Waals surface area contributed by atoms with Crippen LogP contribution >= 0.6 is 0 Å². The van der Waals surface area contributed by atoms with Gasteiger partial charge in [-0.3, -0.25) is 10.3 Å². The van der Waals surface area contributed by atoms with Gasteiger partial charge in [0.1, 0.15) is 23.4 Å². The van der Waals surface area contributed by atoms with E-state index >= 15 is 0 Å². The normalized spacial score (nSPS) is 21.2. The average molecular weight is 235 g/mol. The van der Waals surface area contributed by atoms with Crippen molar-refractivity contribution in [1.29, 1.82) is 0 Å². The summed E-state index contributed by atoms with van der Waals surface area (Å²) in [6.45, 7) is 10.1. The third kappa shape index (κ3) is 3.09. The van der Waals surface area contributed by atoms with Crippen molar-refractivity contribution < 1.29 is 4.42 Å². The molecule has 0 bridgehead atoms. The number of aliphatic imine (C=N–C) groups is 1. The summed E-state index contributed by atoms with van der Waals surface area (Å²) >= 11 is 0. The van der Waals surface area contributed by atoms with Crippen LogP contribution in [0.5, 0.6) is 0 Å². The molecule has 4 nitrogen and oxygen atoms in total. The van der Waals surface area contributed by atoms with Crippen LogP contribution in [0.3, 0.4) is 0 Å². The number of furan rings is 1. The highest BCUT2D eigenvalue weighted by molar-refractivity contribution is 5.89. The maximum absolute atomic E-state index is 5.68. The minimum Gasteiger partial charge on any atom is -0.464 e. The summed E-state index contributed by atoms with van der Waals surface area (Å²) in [4.78, 5) is 4.56. The smallest absolute Gasteiger partial charge is 0.128 e. The van der Waals surface area contributed by atoms with Gasteiger partial charge in [-0.15, -0.1) is 0 Å². The van der Waals surface area contributed by atoms with Crippen molar-refractivity contribution in [2.75, 3.05) is 13.1 Å². The number of rotatable bonds is 1. The molecule has 1 atom stereocenters. The third-order valence-electron chi connectivity index (χ3n) is 2.56. The Labute approximate surface area is 102 Å². The van der Waals surface area contributed by atoms with Crippen LogP contribution in [0.4, 0.5) is 0 Å². The third-order valence-corrected chi connectivity index (χ3v) is 2.56. The van der Waals surface area contributed by atoms with Crippen molar-refractivity contribution in [3.8, 4) is 0 Å². The standard InChI is InChI=1S/C13H21N3O/c1-9-5-6-10(17-9)11-12(15-8-7-14-11)16-13(2,3)4/h5-6,11,14H,7-8H2,1-4H3,(H,15,16). The van der Waals surface area contributed by atoms with E-state index in [1.807, 2.05) is 19.1 Å². The fraction of sp³-hybridized carbons (Fsp3) is 0.615. The molecule has 2 rings (SSSR count). The molecule has 0 fully saturated rings. The zero-order valence-corrected chi connectivity index (χ0v) is 11.0. The first-order valence-electron chi connectivity index (χ1n) is 6.08. The second-order valence-corrected chi connectivity index (χ2v) is 5.48. The van der Waals surface area contributed by atoms with E-state index in [9.17, 15) is 0 Å². The van der Waals surface area contributed by atoms with Crippen molar-refractivity contribution in [1.82, 2.24) is 10.6 Å². The molecule has 1 aromatic rings. The SMILES string of the molecule is Cc1ccc(C2NCCN=C2NC(C)(C)C)o1. The molecule has 2 heterocycles. The first-order chi connectivity index (χ1) is 7.96. The number of amidine groups is 1. The Balaban J connectivity index is 2.20. The van der Waals surface area contributed by atoms with Crippen molar-refractivity contribution in [2.24, 2.45) is 4.99 Å². The second-order valence-electron chi connectivity index (χ2n) is 5.48. The summed E-state index contributed by atoms with van der Waals surface area (Å²) in [7, 11) is 0. The van der Waals surface area contributed by atoms with Crippen LogP contribution in [0.15, 0.2) is 21.5 Å². The molecule has 0 saturated heterocycles. The van der Waals surface area contributed by atoms with Gasteiger partial charge in [0.15, 0.2) is 0 Å². The lowest BCUT2D eigenvalue weighted by atomic mass is 10.1. The quantitative estimate of drug-likeness (QED) is 0.783. The average Bonchev–Trinajstić information content (AvgIpc) is 2.63. The van der Waals surface area contributed by atoms with Crippen LogP contribution < -0.4 is 10.6 Å². The van der Waals surface area contributed by atoms with Crippen LogP contribution in [0, 0.1) is 6.92 Å². The lowest BCUT2D eigenvalue weighted by Crippen LogP contribution is -2.49. The van der Waals surface area contributed by atoms with Gasteiger partial charge in [0.25, 0.3) is 0 Å². The summed E-state index contributed by atoms with van der Waals surface area (Å²) in [6, 6.07) is 4.05. The van der Waals surface area contributed by atoms with Crippen molar-refractivity contribution in [3.05, 3.63) is 23.7 Å². The Hall–Kier alpha value is -1.29. The predicted molar refractivity (Wildman–Crippen MR) is 69.4 cm³/mol. The molecule has 17 heavy (non-hydrogen) atoms. The molecule has 0 saturated carbocycles. The lowest BCUT2D eigenvalue weighted by Gasteiger charge is -2.30. The molecule has 1 aliphatic rings. The zero-order valence-electron chi connectivity index (χ0n) is 11.0. The molecule has 1 aromatic heterocycles. The van der Waals surface area contributed by atoms with Crippen LogP contribution in [0.2, 0.25) is 0 Å². The summed E-state index contributed by atoms with van der Waals surface area (Å²) in [5, 5.41) is 6.88. The van der Waals surface area contributed by atoms with E-state index in [0.29, 0.717) is 0 Å². The van der Waals surface area contributed by atoms with Gasteiger partial charge in [-0.1, -0.05) is 0 Å². The molecular weight excluding hydrogens is 214 g/mol. The molecule has 1 aliphatic heterocycles. The molecule has 2 N–H and O–H groups in total. The van der Waals surface area contributed by atoms with Crippen LogP contribution in [-0.2, 0) is 0 Å². The number of hydrogen-bond acceptors (Lipinski definition) is 4. The number of nitrogens with zero attached hydrogens (tertiary/aromatic N) is 1. The Morgan fingerprint density at radius 1 is 1.41 bits per heavy atom. The number of hydrogen-bond donors (Lipinski definition) is 2. The maximum atomic E-state index is 5.68. The molecule has 4 heteroatoms. The summed E-state index contributed by atoms with van der Waals surface area (Å²) in [6.07, 6.45) is 0. The largest absolute Gasteiger partial charge is 0.464 e. The van der Waals surface area contributed by atoms with Crippen LogP contribution in [0.25, 0.3) is 0 Å². The van der Waals surface area contributed by atoms with E-state index in [1.54, 1.807) is 0 Å². The first kappa shape index (κ1) is 12.2. The highest BCUT2D eigenvalue weighted by Crippen LogP contribution is 2.20. The summed E-state index contributed by atoms with van der Waals surface area (Å²) in [5.41, 5.74) is 0.0116. The highest BCUT2D eigenvalue weighted by Gasteiger charge is 2.26. The summed E-state index contributed by atoms with van der Waals surface area (Å²) in [5.74, 6) is 2.83. The summed E-state index contributed by atoms with van der Waals surface area (Å²) < 4.78 is 5.68. The molecule has 94 valence electrons. The van der Waals surface area contributed by atoms with E-state index in [-0.39, 0.29) is 11.6 Å². The Kier molecular flexibility index (Phi) is 3.24. The van der Waals surface area contributed by atoms with E-state index in [0.717, 1.165) is 30.4 Å². The van der Waals surface area contributed by atoms with Gasteiger partial charge >= 0.3 is 0 Å². The fourth-order valence-corrected chi connectivity index (χ4v) is 1.91. The zero-order chi connectivity index (χ0) is 12.5. The highest BCUT2D eigenvalue weighted by atomic mass is 16.3. The van der Waals surface area contributed by atoms with Gasteiger partial charge in [-0.25, -0.2) is 0 Å². The van der Waals surface area contributed by atoms with Gasteiger partial charge in [0, 0.05) is 12.1 Å². The van der Waals surface area contributed by atoms with Crippen molar-refractivity contribution in [3.63, 3.8) is 0 Å². The van der Waals surface area contributed by atoms with Gasteiger partial charge in [0.2, 0.25) is 0 Å². The molecular formula is C13H21N3O. The molecule has 1 unspecified atom stereocenters. The Bertz CT molecular complexity index is 415. The van der Waals surface area contributed by atoms with Gasteiger partial charge in [-0.2, -0.15) is 0 Å². The first-order valence-corrected chi connectivity index (χ1v) is 6.08. The van der Waals surface area contributed by atoms with Crippen molar-refractivity contribution >= 4 is 5.84 Å². The minimum atomic E-state index is 0.0116. The number of nitrogens with one attached hydrogen (secondary N) is 2. The number of aryl methyl sites for hydroxylation is 1. The fourth-order valence-electron chi connectivity index (χ4n) is 1.91. The molecule has 0 aliphatic carbocycles. The topological polar surface area (TPSA) is 49.6 Å². The molecule has 0 amide bonds. The van der Waals surface area contributed by atoms with E-state index in [2.05, 4.69) is 36.4 Å². The van der Waals surface area contributed by atoms with Gasteiger partial charge in [0.05, 0.1) is 6.54 Å². The van der Waals surface area contributed by atoms with E-state index in [4.69, 9.17) is 4.42 Å². The van der Waals surface area contributed by atoms with Gasteiger partial charge < -0.3 is 9.73 Å². The maximum Gasteiger partial charge on any atom is 0.128 e. The van der Waals surface area contributed by atoms with Gasteiger partial charge in [-0.05, 0) is 39.8 Å². The Morgan fingerprint density at radius 3 is 2.76 bits per heavy atom. The molecule has 0 radical (unpaired) electrons. The monoisotopic (exact) mass is 235 g/mol. The van der Waals surface area contributed by atoms with Crippen molar-refractivity contribution in [2.45, 2.75) is 39.3 Å². The predicted octanol–water partition coefficient (Wildman–Crippen LogP) is 2.02. The minimum absolute atomic E-state index is 0.0116.